The van der Waals surface area contributed by atoms with Gasteiger partial charge in [0.05, 0.1) is 16.2 Å². The molecule has 1 aliphatic rings. The van der Waals surface area contributed by atoms with Crippen LogP contribution in [0.5, 0.6) is 0 Å². The first-order valence-electron chi connectivity index (χ1n) is 11.0. The van der Waals surface area contributed by atoms with Crippen LogP contribution < -0.4 is 15.5 Å². The van der Waals surface area contributed by atoms with Gasteiger partial charge in [-0.15, -0.1) is 0 Å². The number of nitrogens with two attached hydrogens (primary N) is 1. The number of halogens is 4. The lowest BCUT2D eigenvalue weighted by molar-refractivity contribution is -0.145. The maximum Gasteiger partial charge on any atom is 0.451 e. The Kier molecular flexibility index (Phi) is 7.28. The Hall–Kier alpha value is -3.46. The Morgan fingerprint density at radius 2 is 1.70 bits per heavy atom. The molecule has 1 aromatic heterocycles. The van der Waals surface area contributed by atoms with Crippen molar-refractivity contribution in [2.45, 2.75) is 23.9 Å². The van der Waals surface area contributed by atoms with E-state index in [1.807, 2.05) is 0 Å². The quantitative estimate of drug-likeness (QED) is 0.257. The number of carbonyl (C=O) groups is 1. The van der Waals surface area contributed by atoms with Gasteiger partial charge in [0, 0.05) is 11.5 Å². The first-order chi connectivity index (χ1) is 17.4. The summed E-state index contributed by atoms with van der Waals surface area (Å²) in [6, 6.07) is 9.13. The predicted molar refractivity (Wildman–Crippen MR) is 124 cm³/mol. The molecule has 1 aliphatic heterocycles. The van der Waals surface area contributed by atoms with Crippen molar-refractivity contribution in [1.29, 1.82) is 0 Å². The summed E-state index contributed by atoms with van der Waals surface area (Å²) >= 11 is 0. The van der Waals surface area contributed by atoms with Crippen LogP contribution in [-0.4, -0.2) is 42.6 Å². The molecule has 14 heteroatoms. The van der Waals surface area contributed by atoms with Crippen LogP contribution in [0, 0.1) is 11.7 Å². The number of benzene rings is 2. The van der Waals surface area contributed by atoms with Crippen molar-refractivity contribution in [1.82, 2.24) is 15.3 Å². The molecule has 4 N–H and O–H groups in total. The molecule has 2 aromatic carbocycles. The van der Waals surface area contributed by atoms with Crippen molar-refractivity contribution in [3.8, 4) is 22.4 Å². The van der Waals surface area contributed by atoms with Gasteiger partial charge in [-0.2, -0.15) is 18.2 Å². The number of sulfonamides is 1. The Morgan fingerprint density at radius 3 is 2.30 bits per heavy atom. The minimum atomic E-state index is -5.08. The van der Waals surface area contributed by atoms with Gasteiger partial charge >= 0.3 is 6.18 Å². The van der Waals surface area contributed by atoms with Gasteiger partial charge < -0.3 is 5.32 Å². The van der Waals surface area contributed by atoms with Crippen LogP contribution in [0.25, 0.3) is 22.4 Å². The third kappa shape index (κ3) is 5.77. The molecule has 0 aliphatic carbocycles. The van der Waals surface area contributed by atoms with Crippen LogP contribution in [0.1, 0.15) is 18.7 Å². The summed E-state index contributed by atoms with van der Waals surface area (Å²) in [5, 5.41) is 19.2. The number of rotatable bonds is 5. The molecule has 196 valence electrons. The van der Waals surface area contributed by atoms with Gasteiger partial charge in [-0.25, -0.2) is 27.9 Å². The second-order valence-electron chi connectivity index (χ2n) is 8.35. The highest BCUT2D eigenvalue weighted by Gasteiger charge is 2.39. The van der Waals surface area contributed by atoms with E-state index in [4.69, 9.17) is 5.14 Å². The minimum absolute atomic E-state index is 0.00530. The van der Waals surface area contributed by atoms with E-state index >= 15 is 0 Å². The first-order valence-corrected chi connectivity index (χ1v) is 12.5. The Morgan fingerprint density at radius 1 is 1.05 bits per heavy atom. The van der Waals surface area contributed by atoms with Gasteiger partial charge in [0.15, 0.2) is 5.82 Å². The van der Waals surface area contributed by atoms with E-state index in [1.165, 1.54) is 12.1 Å². The predicted octanol–water partition coefficient (Wildman–Crippen LogP) is 3.34. The van der Waals surface area contributed by atoms with Crippen molar-refractivity contribution in [2.75, 3.05) is 18.2 Å². The highest BCUT2D eigenvalue weighted by Crippen LogP contribution is 2.41. The van der Waals surface area contributed by atoms with Crippen LogP contribution in [0.4, 0.5) is 23.4 Å². The molecule has 37 heavy (non-hydrogen) atoms. The number of alkyl halides is 3. The first kappa shape index (κ1) is 26.6. The van der Waals surface area contributed by atoms with Crippen LogP contribution in [0.2, 0.25) is 0 Å². The maximum absolute atomic E-state index is 13.8. The lowest BCUT2D eigenvalue weighted by Crippen LogP contribution is -2.40. The maximum atomic E-state index is 13.8. The number of piperidine rings is 1. The average Bonchev–Trinajstić information content (AvgIpc) is 2.87. The summed E-state index contributed by atoms with van der Waals surface area (Å²) in [7, 11) is -4.23. The van der Waals surface area contributed by atoms with Gasteiger partial charge in [-0.05, 0) is 67.9 Å². The highest BCUT2D eigenvalue weighted by atomic mass is 32.2. The number of aromatic nitrogens is 2. The number of nitrogens with zero attached hydrogens (tertiary/aromatic N) is 3. The summed E-state index contributed by atoms with van der Waals surface area (Å²) in [6.45, 7) is 0.928. The van der Waals surface area contributed by atoms with E-state index in [2.05, 4.69) is 15.3 Å². The van der Waals surface area contributed by atoms with Gasteiger partial charge in [0.25, 0.3) is 5.91 Å². The summed E-state index contributed by atoms with van der Waals surface area (Å²) in [4.78, 5) is 19.8. The normalized spacial score (nSPS) is 15.0. The van der Waals surface area contributed by atoms with E-state index < -0.39 is 51.2 Å². The van der Waals surface area contributed by atoms with Crippen LogP contribution in [0.15, 0.2) is 53.4 Å². The van der Waals surface area contributed by atoms with Crippen molar-refractivity contribution in [3.63, 3.8) is 0 Å². The molecule has 3 aromatic rings. The number of hydroxylamine groups is 1. The molecule has 0 saturated carbocycles. The molecule has 4 rings (SSSR count). The number of nitrogens with one attached hydrogen (secondary N) is 1. The average molecular weight is 540 g/mol. The largest absolute Gasteiger partial charge is 0.451 e. The lowest BCUT2D eigenvalue weighted by atomic mass is 9.96. The topological polar surface area (TPSA) is 139 Å². The molecule has 0 spiro atoms. The molecule has 0 radical (unpaired) electrons. The number of amides is 1. The molecular weight excluding hydrogens is 518 g/mol. The second-order valence-corrected chi connectivity index (χ2v) is 9.91. The monoisotopic (exact) mass is 539 g/mol. The molecule has 0 unspecified atom stereocenters. The molecule has 2 heterocycles. The Balaban J connectivity index is 2.02. The summed E-state index contributed by atoms with van der Waals surface area (Å²) in [6.07, 6.45) is -4.43. The molecule has 0 atom stereocenters. The molecule has 1 amide bonds. The lowest BCUT2D eigenvalue weighted by Gasteiger charge is -2.27. The van der Waals surface area contributed by atoms with E-state index in [1.54, 1.807) is 0 Å². The van der Waals surface area contributed by atoms with Gasteiger partial charge in [-0.1, -0.05) is 12.1 Å². The van der Waals surface area contributed by atoms with E-state index in [0.717, 1.165) is 36.4 Å². The van der Waals surface area contributed by atoms with Crippen molar-refractivity contribution >= 4 is 21.7 Å². The van der Waals surface area contributed by atoms with E-state index in [0.29, 0.717) is 25.9 Å². The van der Waals surface area contributed by atoms with E-state index in [9.17, 15) is 36.0 Å². The van der Waals surface area contributed by atoms with Crippen LogP contribution in [-0.2, 0) is 21.0 Å². The summed E-state index contributed by atoms with van der Waals surface area (Å²) < 4.78 is 79.0. The van der Waals surface area contributed by atoms with Crippen molar-refractivity contribution < 1.29 is 36.0 Å². The van der Waals surface area contributed by atoms with Gasteiger partial charge in [0.1, 0.15) is 5.82 Å². The number of carbonyl (C=O) groups excluding carboxylic acids is 1. The Bertz CT molecular complexity index is 1430. The fraction of sp³-hybridized carbons (Fsp3) is 0.261. The fourth-order valence-corrected chi connectivity index (χ4v) is 4.55. The summed E-state index contributed by atoms with van der Waals surface area (Å²) in [5.74, 6) is -4.73. The van der Waals surface area contributed by atoms with Crippen LogP contribution >= 0.6 is 0 Å². The number of primary sulfonamides is 1. The zero-order chi connectivity index (χ0) is 27.0. The van der Waals surface area contributed by atoms with Crippen LogP contribution in [0.3, 0.4) is 0 Å². The number of anilines is 1. The molecule has 9 nitrogen and oxygen atoms in total. The zero-order valence-corrected chi connectivity index (χ0v) is 19.9. The highest BCUT2D eigenvalue weighted by molar-refractivity contribution is 7.89. The molecular formula is C23H21F4N5O4S. The van der Waals surface area contributed by atoms with Crippen molar-refractivity contribution in [2.24, 2.45) is 11.1 Å². The molecule has 1 fully saturated rings. The SMILES string of the molecule is NS(=O)(=O)c1cccc(-c2c(-c3ccc(F)cc3)nc(C(F)(F)F)nc2N(O)C(=O)C2CCNCC2)c1. The second kappa shape index (κ2) is 10.1. The Labute approximate surface area is 209 Å². The van der Waals surface area contributed by atoms with Gasteiger partial charge in [-0.3, -0.25) is 10.0 Å². The molecule has 1 saturated heterocycles. The number of hydrogen-bond donors (Lipinski definition) is 3. The summed E-state index contributed by atoms with van der Waals surface area (Å²) in [5.41, 5.74) is -0.753. The molecule has 0 bridgehead atoms. The van der Waals surface area contributed by atoms with E-state index in [-0.39, 0.29) is 26.6 Å². The fourth-order valence-electron chi connectivity index (χ4n) is 3.99. The third-order valence-electron chi connectivity index (χ3n) is 5.81. The smallest absolute Gasteiger partial charge is 0.317 e. The zero-order valence-electron chi connectivity index (χ0n) is 19.0. The number of hydrogen-bond acceptors (Lipinski definition) is 7. The minimum Gasteiger partial charge on any atom is -0.317 e. The standard InChI is InChI=1S/C23H21F4N5O4S/c24-16-6-4-13(5-7-16)19-18(15-2-1-3-17(12-15)37(28,35)36)20(31-22(30-19)23(25,26)27)32(34)21(33)14-8-10-29-11-9-14/h1-7,12,14,29,34H,8-11H2,(H2,28,35,36). The third-order valence-corrected chi connectivity index (χ3v) is 6.72. The van der Waals surface area contributed by atoms with Gasteiger partial charge in [0.2, 0.25) is 15.8 Å². The van der Waals surface area contributed by atoms with Crippen molar-refractivity contribution in [3.05, 3.63) is 60.2 Å².